The van der Waals surface area contributed by atoms with Crippen LogP contribution < -0.4 is 15.9 Å². The molecule has 14 heteroatoms. The largest absolute Gasteiger partial charge is 0.444 e. The summed E-state index contributed by atoms with van der Waals surface area (Å²) in [7, 11) is -3.00. The summed E-state index contributed by atoms with van der Waals surface area (Å²) >= 11 is 0. The molecule has 1 unspecified atom stereocenters. The normalized spacial score (nSPS) is 16.5. The van der Waals surface area contributed by atoms with Crippen LogP contribution in [0.5, 0.6) is 0 Å². The number of hydrogen-bond donors (Lipinski definition) is 3. The van der Waals surface area contributed by atoms with E-state index in [0.717, 1.165) is 6.20 Å². The minimum atomic E-state index is -4.75. The van der Waals surface area contributed by atoms with Gasteiger partial charge in [0.25, 0.3) is 0 Å². The van der Waals surface area contributed by atoms with Crippen molar-refractivity contribution in [1.82, 2.24) is 19.9 Å². The Morgan fingerprint density at radius 3 is 2.51 bits per heavy atom. The summed E-state index contributed by atoms with van der Waals surface area (Å²) in [6.07, 6.45) is -1.78. The number of piperidine rings is 1. The Kier molecular flexibility index (Phi) is 8.14. The SMILES string of the molecule is CC(=O)Nc1ccc2c(-c3nc(NC4CCCN(C(=O)OC(C)(C)C)C4)ncc3C(F)(F)F)c[nH]c2c1P(C)(C)=O. The number of rotatable bonds is 5. The molecule has 0 saturated carbocycles. The minimum Gasteiger partial charge on any atom is -0.444 e. The van der Waals surface area contributed by atoms with Crippen molar-refractivity contribution in [2.45, 2.75) is 58.4 Å². The molecular weight excluding hydrogens is 560 g/mol. The first-order valence-corrected chi connectivity index (χ1v) is 15.7. The first kappa shape index (κ1) is 30.4. The van der Waals surface area contributed by atoms with Crippen LogP contribution in [0, 0.1) is 0 Å². The number of carbonyl (C=O) groups is 2. The fourth-order valence-electron chi connectivity index (χ4n) is 4.86. The zero-order chi connectivity index (χ0) is 30.3. The van der Waals surface area contributed by atoms with Crippen molar-refractivity contribution in [3.63, 3.8) is 0 Å². The number of aromatic nitrogens is 3. The Labute approximate surface area is 235 Å². The molecule has 0 aliphatic carbocycles. The number of alkyl halides is 3. The van der Waals surface area contributed by atoms with Gasteiger partial charge in [-0.05, 0) is 53.0 Å². The van der Waals surface area contributed by atoms with Gasteiger partial charge in [-0.2, -0.15) is 13.2 Å². The molecule has 4 rings (SSSR count). The summed E-state index contributed by atoms with van der Waals surface area (Å²) in [6, 6.07) is 2.78. The van der Waals surface area contributed by atoms with Gasteiger partial charge in [-0.15, -0.1) is 0 Å². The maximum atomic E-state index is 14.1. The molecule has 1 fully saturated rings. The van der Waals surface area contributed by atoms with Gasteiger partial charge in [0.15, 0.2) is 0 Å². The maximum absolute atomic E-state index is 14.1. The average Bonchev–Trinajstić information content (AvgIpc) is 3.25. The molecule has 1 atom stereocenters. The van der Waals surface area contributed by atoms with Crippen molar-refractivity contribution < 1.29 is 32.1 Å². The fraction of sp³-hybridized carbons (Fsp3) is 0.481. The van der Waals surface area contributed by atoms with Gasteiger partial charge in [-0.25, -0.2) is 14.8 Å². The highest BCUT2D eigenvalue weighted by Gasteiger charge is 2.37. The van der Waals surface area contributed by atoms with Crippen LogP contribution in [-0.2, 0) is 20.3 Å². The third-order valence-electron chi connectivity index (χ3n) is 6.43. The molecule has 0 radical (unpaired) electrons. The summed E-state index contributed by atoms with van der Waals surface area (Å²) in [5.41, 5.74) is -1.25. The lowest BCUT2D eigenvalue weighted by Gasteiger charge is -2.34. The fourth-order valence-corrected chi connectivity index (χ4v) is 6.30. The van der Waals surface area contributed by atoms with Crippen molar-refractivity contribution in [1.29, 1.82) is 0 Å². The summed E-state index contributed by atoms with van der Waals surface area (Å²) in [5, 5.41) is 6.42. The van der Waals surface area contributed by atoms with E-state index in [0.29, 0.717) is 41.3 Å². The Morgan fingerprint density at radius 1 is 1.20 bits per heavy atom. The summed E-state index contributed by atoms with van der Waals surface area (Å²) in [6.45, 7) is 10.5. The number of carbonyl (C=O) groups excluding carboxylic acids is 2. The lowest BCUT2D eigenvalue weighted by molar-refractivity contribution is -0.137. The number of halogens is 3. The number of likely N-dealkylation sites (tertiary alicyclic amines) is 1. The van der Waals surface area contributed by atoms with E-state index in [2.05, 4.69) is 25.6 Å². The number of fused-ring (bicyclic) bond motifs is 1. The van der Waals surface area contributed by atoms with E-state index in [1.807, 2.05) is 0 Å². The van der Waals surface area contributed by atoms with E-state index in [1.54, 1.807) is 31.7 Å². The second-order valence-electron chi connectivity index (χ2n) is 11.5. The maximum Gasteiger partial charge on any atom is 0.419 e. The molecule has 3 heterocycles. The van der Waals surface area contributed by atoms with Crippen LogP contribution in [0.15, 0.2) is 24.5 Å². The lowest BCUT2D eigenvalue weighted by atomic mass is 10.0. The molecule has 1 aliphatic heterocycles. The van der Waals surface area contributed by atoms with Crippen LogP contribution in [0.4, 0.5) is 29.6 Å². The van der Waals surface area contributed by atoms with Gasteiger partial charge in [0.05, 0.1) is 22.2 Å². The molecule has 0 spiro atoms. The first-order valence-electron chi connectivity index (χ1n) is 13.1. The number of amides is 2. The number of H-pyrrole nitrogens is 1. The van der Waals surface area contributed by atoms with Crippen LogP contribution in [0.25, 0.3) is 22.2 Å². The zero-order valence-electron chi connectivity index (χ0n) is 23.8. The number of benzene rings is 1. The van der Waals surface area contributed by atoms with E-state index in [1.165, 1.54) is 32.5 Å². The Balaban J connectivity index is 1.73. The van der Waals surface area contributed by atoms with Crippen LogP contribution in [0.2, 0.25) is 0 Å². The van der Waals surface area contributed by atoms with E-state index in [4.69, 9.17) is 4.74 Å². The van der Waals surface area contributed by atoms with E-state index < -0.39 is 30.6 Å². The van der Waals surface area contributed by atoms with Crippen LogP contribution in [-0.4, -0.2) is 69.9 Å². The first-order chi connectivity index (χ1) is 18.9. The molecule has 10 nitrogen and oxygen atoms in total. The molecule has 1 saturated heterocycles. The predicted octanol–water partition coefficient (Wildman–Crippen LogP) is 5.66. The topological polar surface area (TPSA) is 129 Å². The second kappa shape index (κ2) is 11.0. The van der Waals surface area contributed by atoms with Crippen molar-refractivity contribution in [3.05, 3.63) is 30.1 Å². The van der Waals surface area contributed by atoms with Crippen molar-refractivity contribution >= 4 is 47.0 Å². The van der Waals surface area contributed by atoms with Gasteiger partial charge < -0.3 is 29.8 Å². The third kappa shape index (κ3) is 7.01. The van der Waals surface area contributed by atoms with E-state index >= 15 is 0 Å². The molecular formula is C27H34F3N6O4P. The van der Waals surface area contributed by atoms with Crippen LogP contribution in [0.3, 0.4) is 0 Å². The molecule has 1 aliphatic rings. The highest BCUT2D eigenvalue weighted by molar-refractivity contribution is 7.71. The zero-order valence-corrected chi connectivity index (χ0v) is 24.7. The van der Waals surface area contributed by atoms with Crippen LogP contribution in [0.1, 0.15) is 46.1 Å². The van der Waals surface area contributed by atoms with Gasteiger partial charge in [-0.1, -0.05) is 6.07 Å². The molecule has 0 bridgehead atoms. The smallest absolute Gasteiger partial charge is 0.419 e. The standard InChI is InChI=1S/C27H34F3N6O4P/c1-15(37)33-20-10-9-17-18(12-31-22(17)23(20)41(5,6)39)21-19(27(28,29)30)13-32-24(35-21)34-16-8-7-11-36(14-16)25(38)40-26(2,3)4/h9-10,12-13,16,31H,7-8,11,14H2,1-6H3,(H,33,37)(H,32,34,35). The number of nitrogens with one attached hydrogen (secondary N) is 3. The van der Waals surface area contributed by atoms with Gasteiger partial charge in [0.1, 0.15) is 18.3 Å². The molecule has 222 valence electrons. The van der Waals surface area contributed by atoms with Gasteiger partial charge in [0, 0.05) is 49.4 Å². The van der Waals surface area contributed by atoms with E-state index in [9.17, 15) is 27.3 Å². The monoisotopic (exact) mass is 594 g/mol. The number of anilines is 2. The highest BCUT2D eigenvalue weighted by Crippen LogP contribution is 2.44. The van der Waals surface area contributed by atoms with Crippen LogP contribution >= 0.6 is 7.14 Å². The van der Waals surface area contributed by atoms with Gasteiger partial charge in [-0.3, -0.25) is 4.79 Å². The quantitative estimate of drug-likeness (QED) is 0.325. The third-order valence-corrected chi connectivity index (χ3v) is 7.98. The summed E-state index contributed by atoms with van der Waals surface area (Å²) in [4.78, 5) is 37.0. The summed E-state index contributed by atoms with van der Waals surface area (Å²) < 4.78 is 61.0. The van der Waals surface area contributed by atoms with Gasteiger partial charge in [0.2, 0.25) is 11.9 Å². The molecule has 2 aromatic heterocycles. The van der Waals surface area contributed by atoms with Gasteiger partial charge >= 0.3 is 12.3 Å². The average molecular weight is 595 g/mol. The minimum absolute atomic E-state index is 0.0230. The highest BCUT2D eigenvalue weighted by atomic mass is 31.2. The molecule has 41 heavy (non-hydrogen) atoms. The van der Waals surface area contributed by atoms with Crippen molar-refractivity contribution in [3.8, 4) is 11.3 Å². The number of nitrogens with zero attached hydrogens (tertiary/aromatic N) is 3. The Bertz CT molecular complexity index is 1530. The van der Waals surface area contributed by atoms with E-state index in [-0.39, 0.29) is 35.7 Å². The number of hydrogen-bond acceptors (Lipinski definition) is 7. The molecule has 1 aromatic carbocycles. The Morgan fingerprint density at radius 2 is 1.90 bits per heavy atom. The number of ether oxygens (including phenoxy) is 1. The Hall–Kier alpha value is -3.60. The predicted molar refractivity (Wildman–Crippen MR) is 152 cm³/mol. The molecule has 2 amide bonds. The second-order valence-corrected chi connectivity index (χ2v) is 14.6. The summed E-state index contributed by atoms with van der Waals surface area (Å²) in [5.74, 6) is -0.394. The van der Waals surface area contributed by atoms with Crippen molar-refractivity contribution in [2.24, 2.45) is 0 Å². The number of aromatic amines is 1. The molecule has 3 N–H and O–H groups in total. The van der Waals surface area contributed by atoms with Crippen molar-refractivity contribution in [2.75, 3.05) is 37.1 Å². The lowest BCUT2D eigenvalue weighted by Crippen LogP contribution is -2.47. The molecule has 3 aromatic rings.